The monoisotopic (exact) mass is 386 g/mol. The Morgan fingerprint density at radius 2 is 1.81 bits per heavy atom. The van der Waals surface area contributed by atoms with Crippen LogP contribution in [0.1, 0.15) is 22.5 Å². The van der Waals surface area contributed by atoms with Gasteiger partial charge in [0.25, 0.3) is 5.91 Å². The number of aryl methyl sites for hydroxylation is 1. The van der Waals surface area contributed by atoms with E-state index in [1.54, 1.807) is 36.4 Å². The number of carbonyl (C=O) groups excluding carboxylic acids is 2. The third kappa shape index (κ3) is 4.95. The molecule has 0 unspecified atom stereocenters. The number of anilines is 2. The maximum absolute atomic E-state index is 13.7. The van der Waals surface area contributed by atoms with E-state index in [0.717, 1.165) is 0 Å². The largest absolute Gasteiger partial charge is 0.459 e. The van der Waals surface area contributed by atoms with Crippen LogP contribution in [0.2, 0.25) is 5.02 Å². The molecule has 2 amide bonds. The molecule has 3 rings (SSSR count). The van der Waals surface area contributed by atoms with Crippen molar-refractivity contribution in [3.05, 3.63) is 83.0 Å². The molecule has 7 heteroatoms. The first-order valence-corrected chi connectivity index (χ1v) is 8.58. The molecule has 0 saturated heterocycles. The molecule has 2 N–H and O–H groups in total. The van der Waals surface area contributed by atoms with Gasteiger partial charge in [-0.2, -0.15) is 0 Å². The van der Waals surface area contributed by atoms with E-state index in [-0.39, 0.29) is 30.3 Å². The molecule has 0 spiro atoms. The van der Waals surface area contributed by atoms with E-state index in [0.29, 0.717) is 22.0 Å². The Kier molecular flexibility index (Phi) is 5.88. The van der Waals surface area contributed by atoms with Crippen molar-refractivity contribution in [2.45, 2.75) is 12.8 Å². The molecule has 0 aliphatic rings. The molecule has 2 aromatic carbocycles. The zero-order valence-corrected chi connectivity index (χ0v) is 14.9. The number of halogens is 2. The van der Waals surface area contributed by atoms with Crippen LogP contribution in [0.25, 0.3) is 0 Å². The molecule has 0 fully saturated rings. The number of hydrogen-bond donors (Lipinski definition) is 2. The second-order valence-corrected chi connectivity index (χ2v) is 6.20. The van der Waals surface area contributed by atoms with Crippen LogP contribution in [0.5, 0.6) is 0 Å². The molecular weight excluding hydrogens is 371 g/mol. The lowest BCUT2D eigenvalue weighted by Crippen LogP contribution is -2.17. The minimum Gasteiger partial charge on any atom is -0.459 e. The first kappa shape index (κ1) is 18.7. The molecule has 3 aromatic rings. The molecule has 138 valence electrons. The smallest absolute Gasteiger partial charge is 0.291 e. The van der Waals surface area contributed by atoms with Gasteiger partial charge in [0.15, 0.2) is 5.76 Å². The fourth-order valence-electron chi connectivity index (χ4n) is 2.48. The van der Waals surface area contributed by atoms with Gasteiger partial charge >= 0.3 is 0 Å². The summed E-state index contributed by atoms with van der Waals surface area (Å²) in [7, 11) is 0. The number of benzene rings is 2. The third-order valence-electron chi connectivity index (χ3n) is 3.83. The van der Waals surface area contributed by atoms with E-state index in [9.17, 15) is 14.0 Å². The molecule has 0 atom stereocenters. The number of amides is 2. The molecule has 1 aromatic heterocycles. The zero-order chi connectivity index (χ0) is 19.2. The van der Waals surface area contributed by atoms with Gasteiger partial charge < -0.3 is 15.1 Å². The van der Waals surface area contributed by atoms with Gasteiger partial charge in [0, 0.05) is 11.4 Å². The summed E-state index contributed by atoms with van der Waals surface area (Å²) >= 11 is 5.99. The van der Waals surface area contributed by atoms with E-state index in [2.05, 4.69) is 10.6 Å². The van der Waals surface area contributed by atoms with Crippen molar-refractivity contribution in [1.82, 2.24) is 0 Å². The summed E-state index contributed by atoms with van der Waals surface area (Å²) in [6.07, 6.45) is 1.74. The van der Waals surface area contributed by atoms with Gasteiger partial charge in [-0.1, -0.05) is 29.8 Å². The van der Waals surface area contributed by atoms with Crippen molar-refractivity contribution >= 4 is 34.8 Å². The van der Waals surface area contributed by atoms with Gasteiger partial charge in [0.1, 0.15) is 5.82 Å². The normalized spacial score (nSPS) is 10.4. The minimum absolute atomic E-state index is 0.0924. The third-order valence-corrected chi connectivity index (χ3v) is 4.06. The lowest BCUT2D eigenvalue weighted by Gasteiger charge is -2.12. The number of carbonyl (C=O) groups is 2. The minimum atomic E-state index is -0.468. The average molecular weight is 387 g/mol. The molecular formula is C20H16ClFN2O3. The maximum atomic E-state index is 13.7. The highest BCUT2D eigenvalue weighted by molar-refractivity contribution is 6.31. The standard InChI is InChI=1S/C20H16ClFN2O3/c21-14-8-9-16(17(12-14)24-20(26)18-6-3-11-27-18)23-19(25)10-7-13-4-1-2-5-15(13)22/h1-6,8-9,11-12H,7,10H2,(H,23,25)(H,24,26). The molecule has 0 aliphatic carbocycles. The Balaban J connectivity index is 1.68. The Hall–Kier alpha value is -3.12. The molecule has 0 bridgehead atoms. The van der Waals surface area contributed by atoms with Crippen LogP contribution in [0.4, 0.5) is 15.8 Å². The number of nitrogens with one attached hydrogen (secondary N) is 2. The summed E-state index contributed by atoms with van der Waals surface area (Å²) in [5.41, 5.74) is 1.19. The Morgan fingerprint density at radius 1 is 1.00 bits per heavy atom. The molecule has 0 radical (unpaired) electrons. The average Bonchev–Trinajstić information content (AvgIpc) is 3.18. The fourth-order valence-corrected chi connectivity index (χ4v) is 2.65. The number of rotatable bonds is 6. The first-order valence-electron chi connectivity index (χ1n) is 8.20. The summed E-state index contributed by atoms with van der Waals surface area (Å²) < 4.78 is 18.7. The lowest BCUT2D eigenvalue weighted by molar-refractivity contribution is -0.116. The molecule has 27 heavy (non-hydrogen) atoms. The summed E-state index contributed by atoms with van der Waals surface area (Å²) in [6.45, 7) is 0. The summed E-state index contributed by atoms with van der Waals surface area (Å²) in [5.74, 6) is -0.992. The van der Waals surface area contributed by atoms with E-state index >= 15 is 0 Å². The van der Waals surface area contributed by atoms with Gasteiger partial charge in [-0.25, -0.2) is 4.39 Å². The van der Waals surface area contributed by atoms with Crippen molar-refractivity contribution in [3.8, 4) is 0 Å². The van der Waals surface area contributed by atoms with Crippen LogP contribution in [-0.4, -0.2) is 11.8 Å². The highest BCUT2D eigenvalue weighted by Gasteiger charge is 2.14. The second-order valence-electron chi connectivity index (χ2n) is 5.76. The predicted octanol–water partition coefficient (Wildman–Crippen LogP) is 4.90. The molecule has 0 aliphatic heterocycles. The van der Waals surface area contributed by atoms with Gasteiger partial charge in [-0.3, -0.25) is 9.59 Å². The highest BCUT2D eigenvalue weighted by atomic mass is 35.5. The van der Waals surface area contributed by atoms with Crippen LogP contribution in [0.15, 0.2) is 65.3 Å². The lowest BCUT2D eigenvalue weighted by atomic mass is 10.1. The van der Waals surface area contributed by atoms with Crippen molar-refractivity contribution in [3.63, 3.8) is 0 Å². The Labute approximate surface area is 160 Å². The molecule has 0 saturated carbocycles. The van der Waals surface area contributed by atoms with E-state index < -0.39 is 5.91 Å². The van der Waals surface area contributed by atoms with Gasteiger partial charge in [0.2, 0.25) is 5.91 Å². The summed E-state index contributed by atoms with van der Waals surface area (Å²) in [5, 5.41) is 5.76. The molecule has 1 heterocycles. The number of furan rings is 1. The number of hydrogen-bond acceptors (Lipinski definition) is 3. The van der Waals surface area contributed by atoms with Gasteiger partial charge in [-0.05, 0) is 48.4 Å². The first-order chi connectivity index (χ1) is 13.0. The second kappa shape index (κ2) is 8.51. The summed E-state index contributed by atoms with van der Waals surface area (Å²) in [6, 6.07) is 14.1. The van der Waals surface area contributed by atoms with Crippen LogP contribution in [0.3, 0.4) is 0 Å². The van der Waals surface area contributed by atoms with Crippen molar-refractivity contribution < 1.29 is 18.4 Å². The van der Waals surface area contributed by atoms with Crippen LogP contribution in [0, 0.1) is 5.82 Å². The van der Waals surface area contributed by atoms with Crippen molar-refractivity contribution in [2.24, 2.45) is 0 Å². The SMILES string of the molecule is O=C(CCc1ccccc1F)Nc1ccc(Cl)cc1NC(=O)c1ccco1. The fraction of sp³-hybridized carbons (Fsp3) is 0.100. The van der Waals surface area contributed by atoms with Crippen LogP contribution >= 0.6 is 11.6 Å². The maximum Gasteiger partial charge on any atom is 0.291 e. The Morgan fingerprint density at radius 3 is 2.56 bits per heavy atom. The molecule has 5 nitrogen and oxygen atoms in total. The quantitative estimate of drug-likeness (QED) is 0.633. The highest BCUT2D eigenvalue weighted by Crippen LogP contribution is 2.27. The van der Waals surface area contributed by atoms with Crippen LogP contribution in [-0.2, 0) is 11.2 Å². The van der Waals surface area contributed by atoms with Gasteiger partial charge in [-0.15, -0.1) is 0 Å². The van der Waals surface area contributed by atoms with Crippen LogP contribution < -0.4 is 10.6 Å². The van der Waals surface area contributed by atoms with E-state index in [1.165, 1.54) is 24.5 Å². The Bertz CT molecular complexity index is 958. The van der Waals surface area contributed by atoms with Gasteiger partial charge in [0.05, 0.1) is 17.6 Å². The zero-order valence-electron chi connectivity index (χ0n) is 14.2. The van der Waals surface area contributed by atoms with Crippen molar-refractivity contribution in [1.29, 1.82) is 0 Å². The predicted molar refractivity (Wildman–Crippen MR) is 101 cm³/mol. The summed E-state index contributed by atoms with van der Waals surface area (Å²) in [4.78, 5) is 24.4. The van der Waals surface area contributed by atoms with E-state index in [4.69, 9.17) is 16.0 Å². The van der Waals surface area contributed by atoms with Crippen molar-refractivity contribution in [2.75, 3.05) is 10.6 Å². The van der Waals surface area contributed by atoms with E-state index in [1.807, 2.05) is 0 Å². The topological polar surface area (TPSA) is 71.3 Å².